The first-order chi connectivity index (χ1) is 23.1. The van der Waals surface area contributed by atoms with Gasteiger partial charge in [0.05, 0.1) is 34.1 Å². The lowest BCUT2D eigenvalue weighted by atomic mass is 10.1. The molecule has 48 heavy (non-hydrogen) atoms. The largest absolute Gasteiger partial charge is 0.445 e. The van der Waals surface area contributed by atoms with Crippen LogP contribution in [0.1, 0.15) is 35.7 Å². The molecule has 12 nitrogen and oxygen atoms in total. The van der Waals surface area contributed by atoms with E-state index < -0.39 is 38.4 Å². The number of rotatable bonds is 14. The molecule has 1 aromatic heterocycles. The normalized spacial score (nSPS) is 13.6. The predicted molar refractivity (Wildman–Crippen MR) is 174 cm³/mol. The van der Waals surface area contributed by atoms with Crippen LogP contribution in [-0.2, 0) is 30.6 Å². The van der Waals surface area contributed by atoms with Crippen molar-refractivity contribution < 1.29 is 41.0 Å². The van der Waals surface area contributed by atoms with Crippen molar-refractivity contribution in [3.05, 3.63) is 77.4 Å². The summed E-state index contributed by atoms with van der Waals surface area (Å²) in [4.78, 5) is 28.2. The van der Waals surface area contributed by atoms with Gasteiger partial charge in [0.2, 0.25) is 9.84 Å². The second-order valence-corrected chi connectivity index (χ2v) is 13.0. The van der Waals surface area contributed by atoms with Gasteiger partial charge < -0.3 is 24.8 Å². The number of aromatic nitrogens is 2. The van der Waals surface area contributed by atoms with Gasteiger partial charge in [0, 0.05) is 43.9 Å². The third-order valence-electron chi connectivity index (χ3n) is 7.73. The van der Waals surface area contributed by atoms with E-state index in [0.29, 0.717) is 43.6 Å². The summed E-state index contributed by atoms with van der Waals surface area (Å²) in [6.07, 6.45) is 1.39. The van der Waals surface area contributed by atoms with Crippen LogP contribution in [0.15, 0.2) is 64.4 Å². The highest BCUT2D eigenvalue weighted by Crippen LogP contribution is 2.31. The van der Waals surface area contributed by atoms with E-state index in [-0.39, 0.29) is 40.4 Å². The van der Waals surface area contributed by atoms with Gasteiger partial charge in [-0.3, -0.25) is 9.69 Å². The summed E-state index contributed by atoms with van der Waals surface area (Å²) in [7, 11) is -2.86. The molecule has 2 heterocycles. The number of likely N-dealkylation sites (tertiary alicyclic amines) is 1. The van der Waals surface area contributed by atoms with Crippen molar-refractivity contribution in [2.24, 2.45) is 0 Å². The lowest BCUT2D eigenvalue weighted by Gasteiger charge is -2.17. The molecule has 0 spiro atoms. The minimum Gasteiger partial charge on any atom is -0.445 e. The number of hydrogen-bond acceptors (Lipinski definition) is 10. The van der Waals surface area contributed by atoms with Gasteiger partial charge in [-0.15, -0.1) is 5.10 Å². The van der Waals surface area contributed by atoms with E-state index in [1.165, 1.54) is 18.2 Å². The molecule has 3 aromatic carbocycles. The van der Waals surface area contributed by atoms with Gasteiger partial charge in [-0.25, -0.2) is 22.0 Å². The summed E-state index contributed by atoms with van der Waals surface area (Å²) in [5.74, 6) is -2.85. The van der Waals surface area contributed by atoms with E-state index in [1.54, 1.807) is 20.1 Å². The minimum atomic E-state index is -4.43. The Morgan fingerprint density at radius 2 is 1.69 bits per heavy atom. The Morgan fingerprint density at radius 3 is 2.40 bits per heavy atom. The molecule has 1 saturated heterocycles. The van der Waals surface area contributed by atoms with Gasteiger partial charge in [-0.2, -0.15) is 4.68 Å². The second kappa shape index (κ2) is 15.6. The smallest absolute Gasteiger partial charge is 0.435 e. The van der Waals surface area contributed by atoms with Crippen molar-refractivity contribution in [2.75, 3.05) is 63.8 Å². The van der Waals surface area contributed by atoms with Crippen LogP contribution < -0.4 is 10.6 Å². The van der Waals surface area contributed by atoms with Crippen LogP contribution in [0.4, 0.5) is 25.1 Å². The lowest BCUT2D eigenvalue weighted by molar-refractivity contribution is 0.0786. The predicted octanol–water partition coefficient (Wildman–Crippen LogP) is 5.07. The molecule has 2 N–H and O–H groups in total. The van der Waals surface area contributed by atoms with Gasteiger partial charge in [0.25, 0.3) is 5.91 Å². The molecule has 1 fully saturated rings. The van der Waals surface area contributed by atoms with E-state index in [0.717, 1.165) is 42.7 Å². The third-order valence-corrected chi connectivity index (χ3v) is 9.46. The van der Waals surface area contributed by atoms with Crippen LogP contribution in [0.2, 0.25) is 0 Å². The third kappa shape index (κ3) is 8.16. The van der Waals surface area contributed by atoms with E-state index in [4.69, 9.17) is 14.2 Å². The van der Waals surface area contributed by atoms with Crippen molar-refractivity contribution in [1.29, 1.82) is 0 Å². The molecule has 5 rings (SSSR count). The van der Waals surface area contributed by atoms with E-state index >= 15 is 0 Å². The van der Waals surface area contributed by atoms with Gasteiger partial charge in [0.1, 0.15) is 18.2 Å². The summed E-state index contributed by atoms with van der Waals surface area (Å²) in [5.41, 5.74) is 1.96. The first-order valence-electron chi connectivity index (χ1n) is 15.5. The zero-order valence-corrected chi connectivity index (χ0v) is 27.4. The summed E-state index contributed by atoms with van der Waals surface area (Å²) in [6, 6.07) is 11.1. The standard InChI is InChI=1S/C33H37F2N5O7S/c1-3-46-14-15-47-33(42)40-30-9-7-25(48(43,44)26-18-23(34)17-24(35)19-26)20-28(30)31(38-40)37-32(41)27-8-6-22(21-39-11-4-5-12-39)16-29(27)36-10-13-45-2/h6-9,16-20,36H,3-5,10-15,21H2,1-2H3,(H,37,38,41). The number of carbonyl (C=O) groups is 2. The summed E-state index contributed by atoms with van der Waals surface area (Å²) in [6.45, 7) is 5.84. The molecule has 0 unspecified atom stereocenters. The van der Waals surface area contributed by atoms with Crippen molar-refractivity contribution in [2.45, 2.75) is 36.1 Å². The number of ether oxygens (including phenoxy) is 3. The van der Waals surface area contributed by atoms with Crippen molar-refractivity contribution in [1.82, 2.24) is 14.7 Å². The van der Waals surface area contributed by atoms with E-state index in [9.17, 15) is 26.8 Å². The highest BCUT2D eigenvalue weighted by atomic mass is 32.2. The first-order valence-corrected chi connectivity index (χ1v) is 17.0. The van der Waals surface area contributed by atoms with Crippen LogP contribution in [-0.4, -0.2) is 88.3 Å². The van der Waals surface area contributed by atoms with Crippen molar-refractivity contribution in [3.63, 3.8) is 0 Å². The second-order valence-electron chi connectivity index (χ2n) is 11.1. The molecule has 1 aliphatic heterocycles. The fourth-order valence-electron chi connectivity index (χ4n) is 5.40. The number of amides is 1. The first kappa shape index (κ1) is 34.9. The number of benzene rings is 3. The van der Waals surface area contributed by atoms with Crippen LogP contribution in [0.25, 0.3) is 10.9 Å². The number of sulfone groups is 1. The number of nitrogens with one attached hydrogen (secondary N) is 2. The molecule has 0 bridgehead atoms. The maximum Gasteiger partial charge on any atom is 0.435 e. The molecule has 0 radical (unpaired) electrons. The van der Waals surface area contributed by atoms with Gasteiger partial charge in [0.15, 0.2) is 5.82 Å². The Hall–Kier alpha value is -4.44. The number of fused-ring (bicyclic) bond motifs is 1. The van der Waals surface area contributed by atoms with Crippen LogP contribution in [0.5, 0.6) is 0 Å². The zero-order valence-electron chi connectivity index (χ0n) is 26.6. The van der Waals surface area contributed by atoms with Gasteiger partial charge in [-0.05, 0) is 80.9 Å². The summed E-state index contributed by atoms with van der Waals surface area (Å²) < 4.78 is 71.3. The van der Waals surface area contributed by atoms with Crippen LogP contribution in [0.3, 0.4) is 0 Å². The van der Waals surface area contributed by atoms with Gasteiger partial charge in [-0.1, -0.05) is 6.07 Å². The maximum absolute atomic E-state index is 14.0. The van der Waals surface area contributed by atoms with E-state index in [2.05, 4.69) is 20.6 Å². The number of carbonyl (C=O) groups excluding carboxylic acids is 2. The fourth-order valence-corrected chi connectivity index (χ4v) is 6.73. The Kier molecular flexibility index (Phi) is 11.4. The highest BCUT2D eigenvalue weighted by Gasteiger charge is 2.25. The molecular formula is C33H37F2N5O7S. The number of hydrogen-bond donors (Lipinski definition) is 2. The molecule has 1 aliphatic rings. The van der Waals surface area contributed by atoms with Crippen LogP contribution in [0, 0.1) is 11.6 Å². The molecule has 0 atom stereocenters. The molecule has 4 aromatic rings. The zero-order chi connectivity index (χ0) is 34.3. The summed E-state index contributed by atoms with van der Waals surface area (Å²) >= 11 is 0. The number of anilines is 2. The maximum atomic E-state index is 14.0. The van der Waals surface area contributed by atoms with Crippen LogP contribution >= 0.6 is 0 Å². The average molecular weight is 686 g/mol. The number of methoxy groups -OCH3 is 1. The molecule has 0 aliphatic carbocycles. The molecule has 15 heteroatoms. The Morgan fingerprint density at radius 1 is 0.938 bits per heavy atom. The number of halogens is 2. The average Bonchev–Trinajstić information content (AvgIpc) is 3.70. The fraction of sp³-hybridized carbons (Fsp3) is 0.364. The van der Waals surface area contributed by atoms with E-state index in [1.807, 2.05) is 12.1 Å². The monoisotopic (exact) mass is 685 g/mol. The Labute approximate surface area is 276 Å². The Balaban J connectivity index is 1.52. The highest BCUT2D eigenvalue weighted by molar-refractivity contribution is 7.91. The SMILES string of the molecule is CCOCCOC(=O)n1nc(NC(=O)c2ccc(CN3CCCC3)cc2NCCOC)c2cc(S(=O)(=O)c3cc(F)cc(F)c3)ccc21. The molecule has 1 amide bonds. The molecular weight excluding hydrogens is 648 g/mol. The van der Waals surface area contributed by atoms with Crippen molar-refractivity contribution in [3.8, 4) is 0 Å². The number of nitrogens with zero attached hydrogens (tertiary/aromatic N) is 3. The Bertz CT molecular complexity index is 1870. The molecule has 0 saturated carbocycles. The van der Waals surface area contributed by atoms with Gasteiger partial charge >= 0.3 is 6.09 Å². The quantitative estimate of drug-likeness (QED) is 0.173. The lowest BCUT2D eigenvalue weighted by Crippen LogP contribution is -2.20. The minimum absolute atomic E-state index is 0.0719. The topological polar surface area (TPSA) is 141 Å². The summed E-state index contributed by atoms with van der Waals surface area (Å²) in [5, 5.41) is 10.3. The van der Waals surface area contributed by atoms with Crippen molar-refractivity contribution >= 4 is 44.2 Å². The molecule has 256 valence electrons.